The fourth-order valence-electron chi connectivity index (χ4n) is 3.54. The predicted molar refractivity (Wildman–Crippen MR) is 89.4 cm³/mol. The molecule has 1 unspecified atom stereocenters. The molecule has 1 amide bonds. The van der Waals surface area contributed by atoms with Crippen LogP contribution in [0.5, 0.6) is 0 Å². The van der Waals surface area contributed by atoms with E-state index in [0.717, 1.165) is 0 Å². The van der Waals surface area contributed by atoms with Gasteiger partial charge in [-0.25, -0.2) is 4.98 Å². The van der Waals surface area contributed by atoms with Crippen LogP contribution in [0.1, 0.15) is 48.8 Å². The first-order valence-electron chi connectivity index (χ1n) is 8.16. The Morgan fingerprint density at radius 3 is 2.76 bits per heavy atom. The molecule has 0 saturated carbocycles. The summed E-state index contributed by atoms with van der Waals surface area (Å²) >= 11 is 0. The number of ketones is 1. The van der Waals surface area contributed by atoms with Crippen molar-refractivity contribution >= 4 is 11.7 Å². The molecule has 25 heavy (non-hydrogen) atoms. The van der Waals surface area contributed by atoms with Gasteiger partial charge in [-0.15, -0.1) is 0 Å². The highest BCUT2D eigenvalue weighted by Crippen LogP contribution is 2.41. The van der Waals surface area contributed by atoms with Crippen molar-refractivity contribution in [2.24, 2.45) is 5.41 Å². The Morgan fingerprint density at radius 1 is 1.24 bits per heavy atom. The molecule has 0 fully saturated rings. The van der Waals surface area contributed by atoms with Crippen molar-refractivity contribution in [3.05, 3.63) is 53.1 Å². The maximum absolute atomic E-state index is 12.6. The van der Waals surface area contributed by atoms with Crippen LogP contribution in [0, 0.1) is 5.41 Å². The highest BCUT2D eigenvalue weighted by molar-refractivity contribution is 6.04. The van der Waals surface area contributed by atoms with Crippen LogP contribution in [0.2, 0.25) is 0 Å². The summed E-state index contributed by atoms with van der Waals surface area (Å²) in [6, 6.07) is 6.75. The maximum atomic E-state index is 12.6. The lowest BCUT2D eigenvalue weighted by Crippen LogP contribution is -2.33. The summed E-state index contributed by atoms with van der Waals surface area (Å²) in [6.45, 7) is 3.94. The number of nitrogens with one attached hydrogen (secondary N) is 1. The van der Waals surface area contributed by atoms with Gasteiger partial charge in [0.25, 0.3) is 5.91 Å². The third kappa shape index (κ3) is 2.59. The van der Waals surface area contributed by atoms with Crippen LogP contribution < -0.4 is 5.32 Å². The minimum Gasteiger partial charge on any atom is -0.463 e. The summed E-state index contributed by atoms with van der Waals surface area (Å²) in [5.74, 6) is 0.0186. The van der Waals surface area contributed by atoms with Gasteiger partial charge in [-0.2, -0.15) is 0 Å². The van der Waals surface area contributed by atoms with Gasteiger partial charge in [0.2, 0.25) is 0 Å². The average Bonchev–Trinajstić information content (AvgIpc) is 3.03. The van der Waals surface area contributed by atoms with Crippen LogP contribution >= 0.6 is 0 Å². The standard InChI is InChI=1S/C19H18N2O4/c1-19(2)8-12-15(13(22)9-19)17(23)16-10(18(24)21-12)5-6-11(20-16)14-4-3-7-25-14/h3-7,17,23H,8-9H2,1-2H3,(H,21,24). The molecule has 0 aromatic carbocycles. The smallest absolute Gasteiger partial charge is 0.257 e. The fourth-order valence-corrected chi connectivity index (χ4v) is 3.54. The molecular formula is C19H18N2O4. The Bertz CT molecular complexity index is 910. The monoisotopic (exact) mass is 338 g/mol. The first kappa shape index (κ1) is 15.8. The molecule has 2 aliphatic rings. The maximum Gasteiger partial charge on any atom is 0.257 e. The van der Waals surface area contributed by atoms with E-state index in [1.807, 2.05) is 13.8 Å². The molecule has 1 aliphatic carbocycles. The summed E-state index contributed by atoms with van der Waals surface area (Å²) in [4.78, 5) is 29.6. The number of furan rings is 1. The van der Waals surface area contributed by atoms with Crippen LogP contribution in [0.4, 0.5) is 0 Å². The quantitative estimate of drug-likeness (QED) is 0.834. The number of hydrogen-bond donors (Lipinski definition) is 2. The molecular weight excluding hydrogens is 320 g/mol. The number of fused-ring (bicyclic) bond motifs is 1. The van der Waals surface area contributed by atoms with Crippen LogP contribution in [-0.4, -0.2) is 21.8 Å². The fraction of sp³-hybridized carbons (Fsp3) is 0.316. The lowest BCUT2D eigenvalue weighted by molar-refractivity contribution is -0.119. The number of hydrogen-bond acceptors (Lipinski definition) is 5. The number of amides is 1. The number of carbonyl (C=O) groups excluding carboxylic acids is 2. The largest absolute Gasteiger partial charge is 0.463 e. The van der Waals surface area contributed by atoms with Gasteiger partial charge < -0.3 is 14.8 Å². The number of nitrogens with zero attached hydrogens (tertiary/aromatic N) is 1. The van der Waals surface area contributed by atoms with E-state index in [4.69, 9.17) is 4.42 Å². The van der Waals surface area contributed by atoms with Crippen molar-refractivity contribution in [3.63, 3.8) is 0 Å². The molecule has 0 radical (unpaired) electrons. The first-order chi connectivity index (χ1) is 11.9. The van der Waals surface area contributed by atoms with E-state index < -0.39 is 6.10 Å². The molecule has 2 N–H and O–H groups in total. The lowest BCUT2D eigenvalue weighted by Gasteiger charge is -2.32. The summed E-state index contributed by atoms with van der Waals surface area (Å²) in [5, 5.41) is 13.7. The van der Waals surface area contributed by atoms with E-state index in [2.05, 4.69) is 10.3 Å². The minimum absolute atomic E-state index is 0.155. The van der Waals surface area contributed by atoms with Crippen LogP contribution in [-0.2, 0) is 4.79 Å². The van der Waals surface area contributed by atoms with Gasteiger partial charge in [0, 0.05) is 17.7 Å². The zero-order valence-corrected chi connectivity index (χ0v) is 14.0. The van der Waals surface area contributed by atoms with Crippen molar-refractivity contribution in [1.82, 2.24) is 10.3 Å². The second kappa shape index (κ2) is 5.39. The number of rotatable bonds is 1. The summed E-state index contributed by atoms with van der Waals surface area (Å²) < 4.78 is 5.34. The Labute approximate surface area is 144 Å². The Balaban J connectivity index is 1.86. The van der Waals surface area contributed by atoms with E-state index in [0.29, 0.717) is 30.0 Å². The number of aromatic nitrogens is 1. The topological polar surface area (TPSA) is 92.4 Å². The molecule has 6 heteroatoms. The highest BCUT2D eigenvalue weighted by atomic mass is 16.3. The summed E-state index contributed by atoms with van der Waals surface area (Å²) in [5.41, 5.74) is 1.44. The predicted octanol–water partition coefficient (Wildman–Crippen LogP) is 2.76. The number of pyridine rings is 1. The molecule has 0 spiro atoms. The number of aliphatic hydroxyl groups is 1. The van der Waals surface area contributed by atoms with E-state index in [-0.39, 0.29) is 33.9 Å². The average molecular weight is 338 g/mol. The number of allylic oxidation sites excluding steroid dienone is 1. The van der Waals surface area contributed by atoms with Crippen molar-refractivity contribution in [2.75, 3.05) is 0 Å². The van der Waals surface area contributed by atoms with Gasteiger partial charge in [-0.3, -0.25) is 9.59 Å². The number of carbonyl (C=O) groups is 2. The molecule has 1 aliphatic heterocycles. The Kier molecular flexibility index (Phi) is 3.40. The molecule has 6 nitrogen and oxygen atoms in total. The van der Waals surface area contributed by atoms with Gasteiger partial charge >= 0.3 is 0 Å². The van der Waals surface area contributed by atoms with Gasteiger partial charge in [-0.1, -0.05) is 13.8 Å². The van der Waals surface area contributed by atoms with Crippen LogP contribution in [0.3, 0.4) is 0 Å². The molecule has 0 saturated heterocycles. The SMILES string of the molecule is CC1(C)CC(=O)C2=C(C1)NC(=O)c1ccc(-c3ccco3)nc1C2O. The van der Waals surface area contributed by atoms with E-state index >= 15 is 0 Å². The number of aliphatic hydroxyl groups excluding tert-OH is 1. The molecule has 0 bridgehead atoms. The zero-order chi connectivity index (χ0) is 17.8. The van der Waals surface area contributed by atoms with E-state index in [1.165, 1.54) is 6.26 Å². The van der Waals surface area contributed by atoms with Crippen molar-refractivity contribution in [2.45, 2.75) is 32.8 Å². The molecule has 2 aromatic rings. The van der Waals surface area contributed by atoms with Crippen LogP contribution in [0.25, 0.3) is 11.5 Å². The third-order valence-electron chi connectivity index (χ3n) is 4.66. The van der Waals surface area contributed by atoms with Gasteiger partial charge in [-0.05, 0) is 36.1 Å². The van der Waals surface area contributed by atoms with Gasteiger partial charge in [0.15, 0.2) is 11.5 Å². The van der Waals surface area contributed by atoms with Crippen molar-refractivity contribution in [1.29, 1.82) is 0 Å². The second-order valence-corrected chi connectivity index (χ2v) is 7.30. The zero-order valence-electron chi connectivity index (χ0n) is 14.0. The van der Waals surface area contributed by atoms with Gasteiger partial charge in [0.05, 0.1) is 17.5 Å². The van der Waals surface area contributed by atoms with Crippen molar-refractivity contribution in [3.8, 4) is 11.5 Å². The Hall–Kier alpha value is -2.73. The first-order valence-corrected chi connectivity index (χ1v) is 8.16. The second-order valence-electron chi connectivity index (χ2n) is 7.30. The van der Waals surface area contributed by atoms with E-state index in [9.17, 15) is 14.7 Å². The van der Waals surface area contributed by atoms with Crippen LogP contribution in [0.15, 0.2) is 46.2 Å². The normalized spacial score (nSPS) is 22.1. The third-order valence-corrected chi connectivity index (χ3v) is 4.66. The Morgan fingerprint density at radius 2 is 2.04 bits per heavy atom. The molecule has 3 heterocycles. The van der Waals surface area contributed by atoms with E-state index in [1.54, 1.807) is 24.3 Å². The molecule has 128 valence electrons. The summed E-state index contributed by atoms with van der Waals surface area (Å²) in [7, 11) is 0. The lowest BCUT2D eigenvalue weighted by atomic mass is 9.74. The number of Topliss-reactive ketones (excluding diaryl/α,β-unsaturated/α-hetero) is 1. The van der Waals surface area contributed by atoms with Crippen molar-refractivity contribution < 1.29 is 19.1 Å². The molecule has 2 aromatic heterocycles. The molecule has 1 atom stereocenters. The molecule has 4 rings (SSSR count). The minimum atomic E-state index is -1.23. The summed E-state index contributed by atoms with van der Waals surface area (Å²) in [6.07, 6.45) is 1.14. The highest BCUT2D eigenvalue weighted by Gasteiger charge is 2.40. The van der Waals surface area contributed by atoms with Gasteiger partial charge in [0.1, 0.15) is 11.8 Å².